The molecule has 0 atom stereocenters. The van der Waals surface area contributed by atoms with Crippen LogP contribution < -0.4 is 0 Å². The maximum atomic E-state index is 12.5. The molecule has 2 rings (SSSR count). The molecule has 0 fully saturated rings. The summed E-state index contributed by atoms with van der Waals surface area (Å²) in [6.07, 6.45) is 12.5. The van der Waals surface area contributed by atoms with Crippen LogP contribution in [0.4, 0.5) is 0 Å². The van der Waals surface area contributed by atoms with Gasteiger partial charge < -0.3 is 4.90 Å². The van der Waals surface area contributed by atoms with E-state index in [1.54, 1.807) is 16.9 Å². The van der Waals surface area contributed by atoms with Gasteiger partial charge in [-0.05, 0) is 37.0 Å². The summed E-state index contributed by atoms with van der Waals surface area (Å²) in [5.74, 6) is 0.495. The first kappa shape index (κ1) is 17.3. The van der Waals surface area contributed by atoms with E-state index in [9.17, 15) is 4.79 Å². The predicted molar refractivity (Wildman–Crippen MR) is 94.0 cm³/mol. The highest BCUT2D eigenvalue weighted by Gasteiger charge is 2.25. The smallest absolute Gasteiger partial charge is 0.276 e. The molecule has 1 aliphatic rings. The molecule has 1 aromatic rings. The van der Waals surface area contributed by atoms with Crippen molar-refractivity contribution in [2.24, 2.45) is 5.92 Å². The monoisotopic (exact) mass is 313 g/mol. The number of allylic oxidation sites excluding steroid dienone is 6. The molecule has 0 saturated heterocycles. The standard InChI is InChI=1S/C19H27N3O/c1-5-6-7-8-17(15(2)3)10-9-16(4)21-13-14-22-18(19(21)23)11-12-20-22/h7-12,15H,5-6,13-14H2,1-4H3/b8-7+,16-9+,17-10-. The Balaban J connectivity index is 2.15. The summed E-state index contributed by atoms with van der Waals surface area (Å²) in [5, 5.41) is 4.17. The fourth-order valence-corrected chi connectivity index (χ4v) is 2.60. The van der Waals surface area contributed by atoms with E-state index < -0.39 is 0 Å². The van der Waals surface area contributed by atoms with E-state index in [0.29, 0.717) is 18.2 Å². The largest absolute Gasteiger partial charge is 0.309 e. The maximum absolute atomic E-state index is 12.5. The molecule has 0 spiro atoms. The molecule has 1 amide bonds. The molecule has 4 heteroatoms. The molecule has 0 aliphatic carbocycles. The zero-order valence-corrected chi connectivity index (χ0v) is 14.6. The van der Waals surface area contributed by atoms with Crippen LogP contribution in [0, 0.1) is 5.92 Å². The van der Waals surface area contributed by atoms with Gasteiger partial charge in [-0.15, -0.1) is 0 Å². The highest BCUT2D eigenvalue weighted by atomic mass is 16.2. The van der Waals surface area contributed by atoms with Crippen LogP contribution >= 0.6 is 0 Å². The number of rotatable bonds is 6. The van der Waals surface area contributed by atoms with Gasteiger partial charge in [-0.3, -0.25) is 9.48 Å². The van der Waals surface area contributed by atoms with Crippen LogP contribution in [0.3, 0.4) is 0 Å². The topological polar surface area (TPSA) is 38.1 Å². The van der Waals surface area contributed by atoms with E-state index in [1.165, 1.54) is 5.57 Å². The summed E-state index contributed by atoms with van der Waals surface area (Å²) in [7, 11) is 0. The number of fused-ring (bicyclic) bond motifs is 1. The van der Waals surface area contributed by atoms with Gasteiger partial charge in [0.05, 0.1) is 6.54 Å². The van der Waals surface area contributed by atoms with E-state index in [1.807, 2.05) is 11.8 Å². The molecule has 0 bridgehead atoms. The second kappa shape index (κ2) is 7.95. The van der Waals surface area contributed by atoms with Gasteiger partial charge in [0.25, 0.3) is 5.91 Å². The van der Waals surface area contributed by atoms with Gasteiger partial charge >= 0.3 is 0 Å². The molecule has 0 radical (unpaired) electrons. The first-order valence-corrected chi connectivity index (χ1v) is 8.43. The SMILES string of the molecule is CCC/C=C/C(=C/C=C(\C)N1CCn2nccc2C1=O)C(C)C. The Morgan fingerprint density at radius 1 is 1.35 bits per heavy atom. The van der Waals surface area contributed by atoms with Crippen molar-refractivity contribution in [1.82, 2.24) is 14.7 Å². The third kappa shape index (κ3) is 4.21. The van der Waals surface area contributed by atoms with Gasteiger partial charge in [0.1, 0.15) is 5.69 Å². The minimum absolute atomic E-state index is 0.0310. The van der Waals surface area contributed by atoms with E-state index in [0.717, 1.165) is 25.1 Å². The first-order valence-electron chi connectivity index (χ1n) is 8.43. The zero-order chi connectivity index (χ0) is 16.8. The number of hydrogen-bond donors (Lipinski definition) is 0. The molecule has 0 aromatic carbocycles. The second-order valence-electron chi connectivity index (χ2n) is 6.22. The lowest BCUT2D eigenvalue weighted by Gasteiger charge is -2.28. The summed E-state index contributed by atoms with van der Waals surface area (Å²) in [4.78, 5) is 14.3. The summed E-state index contributed by atoms with van der Waals surface area (Å²) < 4.78 is 1.77. The lowest BCUT2D eigenvalue weighted by Crippen LogP contribution is -2.39. The molecule has 0 N–H and O–H groups in total. The molecular weight excluding hydrogens is 286 g/mol. The minimum Gasteiger partial charge on any atom is -0.309 e. The quantitative estimate of drug-likeness (QED) is 0.739. The van der Waals surface area contributed by atoms with Crippen LogP contribution in [0.15, 0.2) is 47.8 Å². The minimum atomic E-state index is 0.0310. The Hall–Kier alpha value is -2.10. The third-order valence-electron chi connectivity index (χ3n) is 4.09. The average Bonchev–Trinajstić information content (AvgIpc) is 3.00. The van der Waals surface area contributed by atoms with E-state index in [-0.39, 0.29) is 5.91 Å². The van der Waals surface area contributed by atoms with Gasteiger partial charge in [-0.2, -0.15) is 5.10 Å². The second-order valence-corrected chi connectivity index (χ2v) is 6.22. The third-order valence-corrected chi connectivity index (χ3v) is 4.09. The summed E-state index contributed by atoms with van der Waals surface area (Å²) in [6.45, 7) is 9.97. The Bertz CT molecular complexity index is 635. The van der Waals surface area contributed by atoms with Crippen LogP contribution in [0.2, 0.25) is 0 Å². The summed E-state index contributed by atoms with van der Waals surface area (Å²) in [6, 6.07) is 1.78. The summed E-state index contributed by atoms with van der Waals surface area (Å²) in [5.41, 5.74) is 2.93. The van der Waals surface area contributed by atoms with E-state index in [2.05, 4.69) is 50.2 Å². The number of aromatic nitrogens is 2. The van der Waals surface area contributed by atoms with Crippen molar-refractivity contribution < 1.29 is 4.79 Å². The van der Waals surface area contributed by atoms with Crippen LogP contribution in [0.25, 0.3) is 0 Å². The maximum Gasteiger partial charge on any atom is 0.276 e. The highest BCUT2D eigenvalue weighted by molar-refractivity contribution is 5.94. The number of nitrogens with zero attached hydrogens (tertiary/aromatic N) is 3. The Kier molecular flexibility index (Phi) is 5.97. The summed E-state index contributed by atoms with van der Waals surface area (Å²) >= 11 is 0. The van der Waals surface area contributed by atoms with Crippen molar-refractivity contribution >= 4 is 5.91 Å². The molecule has 124 valence electrons. The molecule has 4 nitrogen and oxygen atoms in total. The number of unbranched alkanes of at least 4 members (excludes halogenated alkanes) is 1. The van der Waals surface area contributed by atoms with E-state index >= 15 is 0 Å². The Labute approximate surface area is 139 Å². The molecule has 2 heterocycles. The fraction of sp³-hybridized carbons (Fsp3) is 0.474. The van der Waals surface area contributed by atoms with Crippen molar-refractivity contribution in [3.05, 3.63) is 53.5 Å². The van der Waals surface area contributed by atoms with E-state index in [4.69, 9.17) is 0 Å². The Morgan fingerprint density at radius 2 is 2.13 bits per heavy atom. The van der Waals surface area contributed by atoms with Gasteiger partial charge in [-0.25, -0.2) is 0 Å². The number of hydrogen-bond acceptors (Lipinski definition) is 2. The number of carbonyl (C=O) groups excluding carboxylic acids is 1. The number of amides is 1. The first-order chi connectivity index (χ1) is 11.0. The van der Waals surface area contributed by atoms with Gasteiger partial charge in [-0.1, -0.05) is 45.4 Å². The van der Waals surface area contributed by atoms with Crippen molar-refractivity contribution in [3.8, 4) is 0 Å². The van der Waals surface area contributed by atoms with Crippen LogP contribution in [0.5, 0.6) is 0 Å². The highest BCUT2D eigenvalue weighted by Crippen LogP contribution is 2.18. The predicted octanol–water partition coefficient (Wildman–Crippen LogP) is 4.18. The van der Waals surface area contributed by atoms with Crippen LogP contribution in [0.1, 0.15) is 51.0 Å². The average molecular weight is 313 g/mol. The van der Waals surface area contributed by atoms with Gasteiger partial charge in [0.15, 0.2) is 0 Å². The molecule has 1 aromatic heterocycles. The van der Waals surface area contributed by atoms with Crippen LogP contribution in [-0.2, 0) is 6.54 Å². The van der Waals surface area contributed by atoms with Crippen molar-refractivity contribution in [3.63, 3.8) is 0 Å². The Morgan fingerprint density at radius 3 is 2.83 bits per heavy atom. The molecule has 23 heavy (non-hydrogen) atoms. The van der Waals surface area contributed by atoms with Crippen molar-refractivity contribution in [2.75, 3.05) is 6.54 Å². The molecule has 1 aliphatic heterocycles. The van der Waals surface area contributed by atoms with Gasteiger partial charge in [0, 0.05) is 18.4 Å². The fourth-order valence-electron chi connectivity index (χ4n) is 2.60. The normalized spacial score (nSPS) is 16.6. The molecular formula is C19H27N3O. The van der Waals surface area contributed by atoms with Crippen molar-refractivity contribution in [1.29, 1.82) is 0 Å². The van der Waals surface area contributed by atoms with Crippen LogP contribution in [-0.4, -0.2) is 27.1 Å². The zero-order valence-electron chi connectivity index (χ0n) is 14.6. The van der Waals surface area contributed by atoms with Gasteiger partial charge in [0.2, 0.25) is 0 Å². The molecule has 0 saturated carbocycles. The van der Waals surface area contributed by atoms with Crippen molar-refractivity contribution in [2.45, 2.75) is 47.1 Å². The molecule has 0 unspecified atom stereocenters. The lowest BCUT2D eigenvalue weighted by atomic mass is 10.0. The number of carbonyl (C=O) groups is 1. The lowest BCUT2D eigenvalue weighted by molar-refractivity contribution is 0.0755.